The first-order valence-electron chi connectivity index (χ1n) is 6.13. The molecule has 0 aromatic rings. The van der Waals surface area contributed by atoms with Crippen LogP contribution in [-0.4, -0.2) is 38.7 Å². The minimum atomic E-state index is -2.92. The van der Waals surface area contributed by atoms with Gasteiger partial charge in [-0.3, -0.25) is 0 Å². The van der Waals surface area contributed by atoms with Crippen molar-refractivity contribution in [2.75, 3.05) is 18.9 Å². The van der Waals surface area contributed by atoms with E-state index >= 15 is 0 Å². The van der Waals surface area contributed by atoms with E-state index in [-0.39, 0.29) is 17.1 Å². The van der Waals surface area contributed by atoms with Crippen LogP contribution in [0.5, 0.6) is 0 Å². The zero-order valence-corrected chi connectivity index (χ0v) is 10.8. The van der Waals surface area contributed by atoms with Crippen LogP contribution >= 0.6 is 0 Å². The summed E-state index contributed by atoms with van der Waals surface area (Å²) in [6.45, 7) is 2.88. The smallest absolute Gasteiger partial charge is 0.153 e. The monoisotopic (exact) mass is 249 g/mol. The Hall–Kier alpha value is -0.130. The lowest BCUT2D eigenvalue weighted by atomic mass is 10.3. The molecule has 1 rings (SSSR count). The van der Waals surface area contributed by atoms with E-state index in [0.717, 1.165) is 25.7 Å². The number of rotatable bonds is 7. The summed E-state index contributed by atoms with van der Waals surface area (Å²) in [6.07, 6.45) is 4.20. The second-order valence-electron chi connectivity index (χ2n) is 4.38. The van der Waals surface area contributed by atoms with Gasteiger partial charge in [-0.2, -0.15) is 0 Å². The molecule has 96 valence electrons. The van der Waals surface area contributed by atoms with Crippen molar-refractivity contribution in [1.82, 2.24) is 0 Å². The molecular formula is C11H23NO3S. The predicted octanol–water partition coefficient (Wildman–Crippen LogP) is 1.10. The fourth-order valence-electron chi connectivity index (χ4n) is 2.21. The van der Waals surface area contributed by atoms with E-state index in [1.54, 1.807) is 0 Å². The van der Waals surface area contributed by atoms with Crippen molar-refractivity contribution in [3.63, 3.8) is 0 Å². The Balaban J connectivity index is 2.40. The van der Waals surface area contributed by atoms with Crippen LogP contribution in [0.15, 0.2) is 0 Å². The van der Waals surface area contributed by atoms with Gasteiger partial charge in [0.05, 0.1) is 17.1 Å². The van der Waals surface area contributed by atoms with E-state index in [0.29, 0.717) is 19.6 Å². The zero-order chi connectivity index (χ0) is 12.0. The maximum absolute atomic E-state index is 12.0. The molecular weight excluding hydrogens is 226 g/mol. The molecule has 0 aliphatic heterocycles. The third kappa shape index (κ3) is 4.03. The molecule has 0 aromatic carbocycles. The van der Waals surface area contributed by atoms with Gasteiger partial charge in [-0.15, -0.1) is 0 Å². The molecule has 1 fully saturated rings. The zero-order valence-electron chi connectivity index (χ0n) is 10.0. The van der Waals surface area contributed by atoms with Crippen molar-refractivity contribution in [3.8, 4) is 0 Å². The third-order valence-electron chi connectivity index (χ3n) is 3.20. The van der Waals surface area contributed by atoms with Crippen LogP contribution in [0.3, 0.4) is 0 Å². The molecule has 2 N–H and O–H groups in total. The van der Waals surface area contributed by atoms with Gasteiger partial charge in [0.1, 0.15) is 0 Å². The first kappa shape index (κ1) is 13.9. The highest BCUT2D eigenvalue weighted by atomic mass is 32.2. The van der Waals surface area contributed by atoms with E-state index in [1.807, 2.05) is 6.92 Å². The Morgan fingerprint density at radius 1 is 1.38 bits per heavy atom. The molecule has 0 aromatic heterocycles. The van der Waals surface area contributed by atoms with Crippen LogP contribution < -0.4 is 5.73 Å². The predicted molar refractivity (Wildman–Crippen MR) is 65.1 cm³/mol. The van der Waals surface area contributed by atoms with Crippen molar-refractivity contribution in [3.05, 3.63) is 0 Å². The van der Waals surface area contributed by atoms with Gasteiger partial charge in [-0.25, -0.2) is 8.42 Å². The van der Waals surface area contributed by atoms with Gasteiger partial charge in [-0.1, -0.05) is 12.8 Å². The van der Waals surface area contributed by atoms with Crippen molar-refractivity contribution in [1.29, 1.82) is 0 Å². The number of sulfone groups is 1. The van der Waals surface area contributed by atoms with E-state index in [9.17, 15) is 8.42 Å². The number of hydrogen-bond donors (Lipinski definition) is 1. The van der Waals surface area contributed by atoms with E-state index < -0.39 is 9.84 Å². The van der Waals surface area contributed by atoms with Crippen LogP contribution in [0.4, 0.5) is 0 Å². The summed E-state index contributed by atoms with van der Waals surface area (Å²) in [7, 11) is -2.92. The molecule has 0 bridgehead atoms. The first-order chi connectivity index (χ1) is 7.60. The second-order valence-corrected chi connectivity index (χ2v) is 6.78. The lowest BCUT2D eigenvalue weighted by Gasteiger charge is -2.16. The van der Waals surface area contributed by atoms with Crippen LogP contribution in [0.25, 0.3) is 0 Å². The number of nitrogens with two attached hydrogens (primary N) is 1. The average Bonchev–Trinajstić information content (AvgIpc) is 2.78. The Kier molecular flexibility index (Phi) is 5.72. The highest BCUT2D eigenvalue weighted by Crippen LogP contribution is 2.25. The summed E-state index contributed by atoms with van der Waals surface area (Å²) in [5.41, 5.74) is 5.52. The van der Waals surface area contributed by atoms with Gasteiger partial charge < -0.3 is 10.5 Å². The van der Waals surface area contributed by atoms with Crippen LogP contribution in [0, 0.1) is 0 Å². The quantitative estimate of drug-likeness (QED) is 0.733. The lowest BCUT2D eigenvalue weighted by Crippen LogP contribution is -2.29. The summed E-state index contributed by atoms with van der Waals surface area (Å²) in [6, 6.07) is 0. The lowest BCUT2D eigenvalue weighted by molar-refractivity contribution is 0.0670. The third-order valence-corrected chi connectivity index (χ3v) is 5.49. The topological polar surface area (TPSA) is 69.4 Å². The highest BCUT2D eigenvalue weighted by Gasteiger charge is 2.28. The Morgan fingerprint density at radius 3 is 2.50 bits per heavy atom. The SMILES string of the molecule is CCOC(CN)CCS(=O)(=O)C1CCCC1. The maximum Gasteiger partial charge on any atom is 0.153 e. The second kappa shape index (κ2) is 6.57. The molecule has 1 atom stereocenters. The van der Waals surface area contributed by atoms with Crippen molar-refractivity contribution in [2.45, 2.75) is 50.4 Å². The standard InChI is InChI=1S/C11H23NO3S/c1-2-15-10(9-12)7-8-16(13,14)11-5-3-4-6-11/h10-11H,2-9,12H2,1H3. The molecule has 1 aliphatic rings. The fraction of sp³-hybridized carbons (Fsp3) is 1.00. The van der Waals surface area contributed by atoms with Crippen LogP contribution in [-0.2, 0) is 14.6 Å². The summed E-state index contributed by atoms with van der Waals surface area (Å²) >= 11 is 0. The molecule has 0 radical (unpaired) electrons. The summed E-state index contributed by atoms with van der Waals surface area (Å²) in [5.74, 6) is 0.222. The molecule has 1 aliphatic carbocycles. The van der Waals surface area contributed by atoms with E-state index in [2.05, 4.69) is 0 Å². The van der Waals surface area contributed by atoms with Crippen LogP contribution in [0.2, 0.25) is 0 Å². The molecule has 0 heterocycles. The Bertz CT molecular complexity index is 284. The summed E-state index contributed by atoms with van der Waals surface area (Å²) in [5, 5.41) is -0.104. The van der Waals surface area contributed by atoms with Gasteiger partial charge in [-0.05, 0) is 26.2 Å². The van der Waals surface area contributed by atoms with Crippen LogP contribution in [0.1, 0.15) is 39.0 Å². The Labute approximate surface area is 98.5 Å². The molecule has 1 saturated carbocycles. The average molecular weight is 249 g/mol. The van der Waals surface area contributed by atoms with Gasteiger partial charge in [0.25, 0.3) is 0 Å². The number of ether oxygens (including phenoxy) is 1. The van der Waals surface area contributed by atoms with Gasteiger partial charge in [0, 0.05) is 13.2 Å². The van der Waals surface area contributed by atoms with Gasteiger partial charge in [0.15, 0.2) is 9.84 Å². The van der Waals surface area contributed by atoms with Crippen molar-refractivity contribution < 1.29 is 13.2 Å². The maximum atomic E-state index is 12.0. The molecule has 16 heavy (non-hydrogen) atoms. The fourth-order valence-corrected chi connectivity index (χ4v) is 4.19. The van der Waals surface area contributed by atoms with E-state index in [4.69, 9.17) is 10.5 Å². The summed E-state index contributed by atoms with van der Waals surface area (Å²) in [4.78, 5) is 0. The summed E-state index contributed by atoms with van der Waals surface area (Å²) < 4.78 is 29.3. The van der Waals surface area contributed by atoms with Gasteiger partial charge in [0.2, 0.25) is 0 Å². The largest absolute Gasteiger partial charge is 0.377 e. The van der Waals surface area contributed by atoms with Crippen molar-refractivity contribution >= 4 is 9.84 Å². The minimum Gasteiger partial charge on any atom is -0.377 e. The molecule has 4 nitrogen and oxygen atoms in total. The minimum absolute atomic E-state index is 0.104. The van der Waals surface area contributed by atoms with E-state index in [1.165, 1.54) is 0 Å². The van der Waals surface area contributed by atoms with Crippen molar-refractivity contribution in [2.24, 2.45) is 5.73 Å². The first-order valence-corrected chi connectivity index (χ1v) is 7.85. The van der Waals surface area contributed by atoms with Gasteiger partial charge >= 0.3 is 0 Å². The normalized spacial score (nSPS) is 20.1. The highest BCUT2D eigenvalue weighted by molar-refractivity contribution is 7.92. The molecule has 0 amide bonds. The Morgan fingerprint density at radius 2 is 2.00 bits per heavy atom. The molecule has 0 spiro atoms. The molecule has 0 saturated heterocycles. The molecule has 1 unspecified atom stereocenters. The molecule has 5 heteroatoms. The number of hydrogen-bond acceptors (Lipinski definition) is 4.